The van der Waals surface area contributed by atoms with Gasteiger partial charge in [-0.15, -0.1) is 0 Å². The molecule has 0 aliphatic rings. The van der Waals surface area contributed by atoms with Gasteiger partial charge in [-0.3, -0.25) is 0 Å². The van der Waals surface area contributed by atoms with Crippen molar-refractivity contribution in [3.8, 4) is 0 Å². The molecule has 0 amide bonds. The molecule has 17 heavy (non-hydrogen) atoms. The van der Waals surface area contributed by atoms with E-state index >= 15 is 0 Å². The zero-order valence-corrected chi connectivity index (χ0v) is 11.5. The summed E-state index contributed by atoms with van der Waals surface area (Å²) in [5.41, 5.74) is 2.38. The largest absolute Gasteiger partial charge is 0.361 e. The van der Waals surface area contributed by atoms with Crippen molar-refractivity contribution < 1.29 is 0 Å². The number of hydrogen-bond donors (Lipinski definition) is 1. The van der Waals surface area contributed by atoms with Crippen molar-refractivity contribution in [2.24, 2.45) is 0 Å². The summed E-state index contributed by atoms with van der Waals surface area (Å²) in [6.07, 6.45) is 1.14. The molecule has 2 aromatic rings. The number of para-hydroxylation sites is 1. The van der Waals surface area contributed by atoms with Crippen LogP contribution < -0.4 is 5.32 Å². The first kappa shape index (κ1) is 12.3. The van der Waals surface area contributed by atoms with Crippen molar-refractivity contribution in [1.82, 2.24) is 9.88 Å². The van der Waals surface area contributed by atoms with Crippen LogP contribution in [0.1, 0.15) is 12.0 Å². The van der Waals surface area contributed by atoms with E-state index in [-0.39, 0.29) is 0 Å². The molecule has 1 N–H and O–H groups in total. The van der Waals surface area contributed by atoms with E-state index in [1.165, 1.54) is 10.3 Å². The number of fused-ring (bicyclic) bond motifs is 1. The lowest BCUT2D eigenvalue weighted by Gasteiger charge is -2.08. The Kier molecular flexibility index (Phi) is 3.97. The van der Waals surface area contributed by atoms with Crippen LogP contribution in [0.15, 0.2) is 18.2 Å². The Morgan fingerprint density at radius 2 is 2.18 bits per heavy atom. The molecular formula is C13H19N3S. The molecule has 0 spiro atoms. The average Bonchev–Trinajstić information content (AvgIpc) is 2.69. The van der Waals surface area contributed by atoms with Crippen LogP contribution in [0.4, 0.5) is 5.13 Å². The summed E-state index contributed by atoms with van der Waals surface area (Å²) in [5, 5.41) is 4.43. The number of thiazole rings is 1. The van der Waals surface area contributed by atoms with Gasteiger partial charge in [-0.25, -0.2) is 4.98 Å². The summed E-state index contributed by atoms with van der Waals surface area (Å²) in [5.74, 6) is 0. The first-order chi connectivity index (χ1) is 8.16. The summed E-state index contributed by atoms with van der Waals surface area (Å²) in [7, 11) is 4.20. The molecule has 0 unspecified atom stereocenters. The normalized spacial score (nSPS) is 11.3. The maximum atomic E-state index is 4.62. The third-order valence-electron chi connectivity index (χ3n) is 2.68. The van der Waals surface area contributed by atoms with Gasteiger partial charge in [-0.1, -0.05) is 23.5 Å². The van der Waals surface area contributed by atoms with Crippen LogP contribution in [0.2, 0.25) is 0 Å². The van der Waals surface area contributed by atoms with Gasteiger partial charge in [0.2, 0.25) is 0 Å². The number of aromatic nitrogens is 1. The number of anilines is 1. The van der Waals surface area contributed by atoms with Crippen molar-refractivity contribution in [1.29, 1.82) is 0 Å². The average molecular weight is 249 g/mol. The topological polar surface area (TPSA) is 28.2 Å². The lowest BCUT2D eigenvalue weighted by atomic mass is 10.2. The van der Waals surface area contributed by atoms with Gasteiger partial charge in [0.15, 0.2) is 5.13 Å². The molecule has 0 saturated carbocycles. The number of nitrogens with one attached hydrogen (secondary N) is 1. The standard InChI is InChI=1S/C13H19N3S/c1-10-6-4-7-11-12(10)15-13(17-11)14-8-5-9-16(2)3/h4,6-7H,5,8-9H2,1-3H3,(H,14,15). The van der Waals surface area contributed by atoms with Crippen molar-refractivity contribution in [3.63, 3.8) is 0 Å². The molecule has 0 saturated heterocycles. The number of rotatable bonds is 5. The predicted molar refractivity (Wildman–Crippen MR) is 76.0 cm³/mol. The smallest absolute Gasteiger partial charge is 0.183 e. The number of hydrogen-bond acceptors (Lipinski definition) is 4. The minimum atomic E-state index is 0.983. The van der Waals surface area contributed by atoms with Crippen molar-refractivity contribution in [3.05, 3.63) is 23.8 Å². The molecule has 2 rings (SSSR count). The van der Waals surface area contributed by atoms with Crippen molar-refractivity contribution in [2.45, 2.75) is 13.3 Å². The third kappa shape index (κ3) is 3.17. The molecule has 4 heteroatoms. The molecule has 92 valence electrons. The monoisotopic (exact) mass is 249 g/mol. The van der Waals surface area contributed by atoms with E-state index in [1.54, 1.807) is 11.3 Å². The predicted octanol–water partition coefficient (Wildman–Crippen LogP) is 2.97. The fraction of sp³-hybridized carbons (Fsp3) is 0.462. The molecule has 0 aliphatic carbocycles. The van der Waals surface area contributed by atoms with Crippen molar-refractivity contribution >= 4 is 26.7 Å². The first-order valence-corrected chi connectivity index (χ1v) is 6.73. The Labute approximate surface area is 106 Å². The third-order valence-corrected chi connectivity index (χ3v) is 3.66. The van der Waals surface area contributed by atoms with Gasteiger partial charge in [0.1, 0.15) is 0 Å². The molecule has 1 heterocycles. The van der Waals surface area contributed by atoms with Gasteiger partial charge in [0.25, 0.3) is 0 Å². The second-order valence-electron chi connectivity index (χ2n) is 4.52. The molecule has 0 bridgehead atoms. The van der Waals surface area contributed by atoms with E-state index in [0.717, 1.165) is 30.2 Å². The molecular weight excluding hydrogens is 230 g/mol. The van der Waals surface area contributed by atoms with Crippen LogP contribution in [0.5, 0.6) is 0 Å². The summed E-state index contributed by atoms with van der Waals surface area (Å²) in [4.78, 5) is 6.82. The Morgan fingerprint density at radius 3 is 2.88 bits per heavy atom. The van der Waals surface area contributed by atoms with E-state index in [9.17, 15) is 0 Å². The fourth-order valence-electron chi connectivity index (χ4n) is 1.75. The molecule has 0 fully saturated rings. The van der Waals surface area contributed by atoms with Crippen LogP contribution in [0.3, 0.4) is 0 Å². The summed E-state index contributed by atoms with van der Waals surface area (Å²) < 4.78 is 1.26. The summed E-state index contributed by atoms with van der Waals surface area (Å²) in [6.45, 7) is 4.20. The highest BCUT2D eigenvalue weighted by atomic mass is 32.1. The molecule has 3 nitrogen and oxygen atoms in total. The first-order valence-electron chi connectivity index (χ1n) is 5.91. The van der Waals surface area contributed by atoms with Crippen LogP contribution in [-0.2, 0) is 0 Å². The maximum absolute atomic E-state index is 4.62. The zero-order chi connectivity index (χ0) is 12.3. The Bertz CT molecular complexity index is 490. The van der Waals surface area contributed by atoms with Crippen molar-refractivity contribution in [2.75, 3.05) is 32.5 Å². The minimum absolute atomic E-state index is 0.983. The van der Waals surface area contributed by atoms with Gasteiger partial charge < -0.3 is 10.2 Å². The van der Waals surface area contributed by atoms with E-state index < -0.39 is 0 Å². The second kappa shape index (κ2) is 5.47. The number of nitrogens with zero attached hydrogens (tertiary/aromatic N) is 2. The summed E-state index contributed by atoms with van der Waals surface area (Å²) >= 11 is 1.73. The van der Waals surface area contributed by atoms with Crippen LogP contribution in [0.25, 0.3) is 10.2 Å². The van der Waals surface area contributed by atoms with Gasteiger partial charge in [0, 0.05) is 6.54 Å². The van der Waals surface area contributed by atoms with Crippen LogP contribution >= 0.6 is 11.3 Å². The minimum Gasteiger partial charge on any atom is -0.361 e. The number of aryl methyl sites for hydroxylation is 1. The lowest BCUT2D eigenvalue weighted by Crippen LogP contribution is -2.16. The maximum Gasteiger partial charge on any atom is 0.183 e. The fourth-order valence-corrected chi connectivity index (χ4v) is 2.72. The quantitative estimate of drug-likeness (QED) is 0.826. The number of benzene rings is 1. The van der Waals surface area contributed by atoms with E-state index in [1.807, 2.05) is 0 Å². The highest BCUT2D eigenvalue weighted by Gasteiger charge is 2.04. The summed E-state index contributed by atoms with van der Waals surface area (Å²) in [6, 6.07) is 6.33. The van der Waals surface area contributed by atoms with E-state index in [2.05, 4.69) is 54.4 Å². The van der Waals surface area contributed by atoms with Gasteiger partial charge in [-0.2, -0.15) is 0 Å². The Morgan fingerprint density at radius 1 is 1.35 bits per heavy atom. The van der Waals surface area contributed by atoms with E-state index in [0.29, 0.717) is 0 Å². The molecule has 1 aromatic heterocycles. The van der Waals surface area contributed by atoms with Gasteiger partial charge in [-0.05, 0) is 45.6 Å². The SMILES string of the molecule is Cc1cccc2sc(NCCCN(C)C)nc12. The molecule has 0 aliphatic heterocycles. The molecule has 0 atom stereocenters. The van der Waals surface area contributed by atoms with Gasteiger partial charge >= 0.3 is 0 Å². The van der Waals surface area contributed by atoms with Crippen LogP contribution in [-0.4, -0.2) is 37.1 Å². The molecule has 0 radical (unpaired) electrons. The van der Waals surface area contributed by atoms with Gasteiger partial charge in [0.05, 0.1) is 10.2 Å². The highest BCUT2D eigenvalue weighted by molar-refractivity contribution is 7.22. The van der Waals surface area contributed by atoms with E-state index in [4.69, 9.17) is 0 Å². The lowest BCUT2D eigenvalue weighted by molar-refractivity contribution is 0.405. The zero-order valence-electron chi connectivity index (χ0n) is 10.7. The van der Waals surface area contributed by atoms with Crippen LogP contribution in [0, 0.1) is 6.92 Å². The Hall–Kier alpha value is -1.13. The second-order valence-corrected chi connectivity index (χ2v) is 5.55. The Balaban J connectivity index is 1.98. The molecule has 1 aromatic carbocycles. The highest BCUT2D eigenvalue weighted by Crippen LogP contribution is 2.27.